The minimum Gasteiger partial charge on any atom is -0.494 e. The zero-order valence-corrected chi connectivity index (χ0v) is 14.2. The Morgan fingerprint density at radius 1 is 1.42 bits per heavy atom. The van der Waals surface area contributed by atoms with Crippen molar-refractivity contribution < 1.29 is 23.4 Å². The summed E-state index contributed by atoms with van der Waals surface area (Å²) in [7, 11) is 3.09. The molecule has 0 saturated carbocycles. The van der Waals surface area contributed by atoms with Crippen LogP contribution < -0.4 is 4.74 Å². The van der Waals surface area contributed by atoms with E-state index in [1.165, 1.54) is 13.2 Å². The van der Waals surface area contributed by atoms with E-state index in [4.69, 9.17) is 14.2 Å². The second kappa shape index (κ2) is 7.07. The number of hydrogen-bond donors (Lipinski definition) is 0. The van der Waals surface area contributed by atoms with Crippen molar-refractivity contribution in [3.63, 3.8) is 0 Å². The van der Waals surface area contributed by atoms with Gasteiger partial charge < -0.3 is 19.1 Å². The van der Waals surface area contributed by atoms with E-state index in [9.17, 15) is 9.18 Å². The second-order valence-corrected chi connectivity index (χ2v) is 6.48. The molecule has 2 aliphatic rings. The lowest BCUT2D eigenvalue weighted by Crippen LogP contribution is -2.57. The summed E-state index contributed by atoms with van der Waals surface area (Å²) < 4.78 is 30.2. The summed E-state index contributed by atoms with van der Waals surface area (Å²) in [5.41, 5.74) is 0.405. The van der Waals surface area contributed by atoms with E-state index in [1.54, 1.807) is 24.1 Å². The van der Waals surface area contributed by atoms with Crippen LogP contribution >= 0.6 is 0 Å². The lowest BCUT2D eigenvalue weighted by molar-refractivity contribution is -0.158. The molecule has 1 aromatic rings. The van der Waals surface area contributed by atoms with Crippen LogP contribution in [0, 0.1) is 5.82 Å². The molecule has 2 heterocycles. The highest BCUT2D eigenvalue weighted by molar-refractivity contribution is 5.79. The van der Waals surface area contributed by atoms with Crippen molar-refractivity contribution in [1.82, 2.24) is 4.90 Å². The molecule has 1 aromatic carbocycles. The Bertz CT molecular complexity index is 601. The van der Waals surface area contributed by atoms with Crippen LogP contribution in [-0.2, 0) is 20.7 Å². The molecule has 0 radical (unpaired) electrons. The van der Waals surface area contributed by atoms with Gasteiger partial charge in [0.05, 0.1) is 19.1 Å². The third kappa shape index (κ3) is 3.26. The molecule has 2 saturated heterocycles. The van der Waals surface area contributed by atoms with Crippen LogP contribution in [0.4, 0.5) is 4.39 Å². The van der Waals surface area contributed by atoms with Crippen molar-refractivity contribution in [3.05, 3.63) is 29.6 Å². The number of hydrogen-bond acceptors (Lipinski definition) is 4. The quantitative estimate of drug-likeness (QED) is 0.845. The fraction of sp³-hybridized carbons (Fsp3) is 0.611. The first-order valence-corrected chi connectivity index (χ1v) is 8.35. The van der Waals surface area contributed by atoms with E-state index in [1.807, 2.05) is 0 Å². The Hall–Kier alpha value is -1.66. The highest BCUT2D eigenvalue weighted by atomic mass is 19.1. The van der Waals surface area contributed by atoms with Crippen molar-refractivity contribution >= 4 is 5.91 Å². The number of carbonyl (C=O) groups excluding carboxylic acids is 1. The van der Waals surface area contributed by atoms with E-state index in [0.29, 0.717) is 18.7 Å². The van der Waals surface area contributed by atoms with Gasteiger partial charge in [-0.25, -0.2) is 4.39 Å². The molecule has 1 amide bonds. The highest BCUT2D eigenvalue weighted by Gasteiger charge is 2.47. The second-order valence-electron chi connectivity index (χ2n) is 6.48. The minimum atomic E-state index is -0.450. The number of benzene rings is 1. The van der Waals surface area contributed by atoms with Crippen molar-refractivity contribution in [2.24, 2.45) is 0 Å². The summed E-state index contributed by atoms with van der Waals surface area (Å²) in [6, 6.07) is 4.63. The van der Waals surface area contributed by atoms with Gasteiger partial charge in [0, 0.05) is 26.8 Å². The molecule has 0 N–H and O–H groups in total. The smallest absolute Gasteiger partial charge is 0.227 e. The van der Waals surface area contributed by atoms with Crippen LogP contribution in [-0.4, -0.2) is 56.4 Å². The first-order chi connectivity index (χ1) is 11.6. The molecule has 132 valence electrons. The van der Waals surface area contributed by atoms with Gasteiger partial charge in [0.25, 0.3) is 0 Å². The molecule has 0 unspecified atom stereocenters. The molecule has 0 bridgehead atoms. The van der Waals surface area contributed by atoms with Gasteiger partial charge in [-0.15, -0.1) is 0 Å². The molecule has 3 rings (SSSR count). The number of rotatable bonds is 4. The normalized spacial score (nSPS) is 26.8. The number of piperidine rings is 1. The Kier molecular flexibility index (Phi) is 5.06. The molecular weight excluding hydrogens is 313 g/mol. The van der Waals surface area contributed by atoms with Gasteiger partial charge in [-0.1, -0.05) is 6.07 Å². The maximum Gasteiger partial charge on any atom is 0.227 e. The SMILES string of the molecule is COc1ccc(CC(=O)N2CC[C@@]3(CCCO3)[C@@H](OC)C2)cc1F. The van der Waals surface area contributed by atoms with Crippen molar-refractivity contribution in [1.29, 1.82) is 0 Å². The van der Waals surface area contributed by atoms with Gasteiger partial charge in [-0.05, 0) is 37.0 Å². The van der Waals surface area contributed by atoms with Crippen LogP contribution in [0.5, 0.6) is 5.75 Å². The summed E-state index contributed by atoms with van der Waals surface area (Å²) in [6.07, 6.45) is 2.88. The number of nitrogens with zero attached hydrogens (tertiary/aromatic N) is 1. The zero-order chi connectivity index (χ0) is 17.2. The molecule has 5 nitrogen and oxygen atoms in total. The van der Waals surface area contributed by atoms with Crippen LogP contribution in [0.15, 0.2) is 18.2 Å². The van der Waals surface area contributed by atoms with Gasteiger partial charge in [0.2, 0.25) is 5.91 Å². The predicted octanol–water partition coefficient (Wildman–Crippen LogP) is 2.17. The van der Waals surface area contributed by atoms with E-state index < -0.39 is 5.82 Å². The van der Waals surface area contributed by atoms with Gasteiger partial charge in [0.1, 0.15) is 6.10 Å². The predicted molar refractivity (Wildman–Crippen MR) is 86.6 cm³/mol. The van der Waals surface area contributed by atoms with E-state index >= 15 is 0 Å². The summed E-state index contributed by atoms with van der Waals surface area (Å²) in [5, 5.41) is 0. The monoisotopic (exact) mass is 337 g/mol. The summed E-state index contributed by atoms with van der Waals surface area (Å²) >= 11 is 0. The van der Waals surface area contributed by atoms with E-state index in [0.717, 1.165) is 25.9 Å². The molecular formula is C18H24FNO4. The average molecular weight is 337 g/mol. The van der Waals surface area contributed by atoms with Crippen molar-refractivity contribution in [2.45, 2.75) is 37.4 Å². The lowest BCUT2D eigenvalue weighted by atomic mass is 9.85. The number of ether oxygens (including phenoxy) is 3. The average Bonchev–Trinajstić information content (AvgIpc) is 3.04. The molecule has 2 fully saturated rings. The Morgan fingerprint density at radius 3 is 2.88 bits per heavy atom. The van der Waals surface area contributed by atoms with Crippen molar-refractivity contribution in [2.75, 3.05) is 33.9 Å². The maximum absolute atomic E-state index is 13.8. The first-order valence-electron chi connectivity index (χ1n) is 8.35. The molecule has 24 heavy (non-hydrogen) atoms. The number of likely N-dealkylation sites (tertiary alicyclic amines) is 1. The number of carbonyl (C=O) groups is 1. The number of halogens is 1. The maximum atomic E-state index is 13.8. The molecule has 1 spiro atoms. The van der Waals surface area contributed by atoms with Crippen LogP contribution in [0.1, 0.15) is 24.8 Å². The zero-order valence-electron chi connectivity index (χ0n) is 14.2. The fourth-order valence-corrected chi connectivity index (χ4v) is 3.74. The molecule has 2 atom stereocenters. The van der Waals surface area contributed by atoms with Crippen molar-refractivity contribution in [3.8, 4) is 5.75 Å². The Balaban J connectivity index is 1.64. The molecule has 6 heteroatoms. The Morgan fingerprint density at radius 2 is 2.25 bits per heavy atom. The molecule has 0 aliphatic carbocycles. The summed E-state index contributed by atoms with van der Waals surface area (Å²) in [6.45, 7) is 1.93. The topological polar surface area (TPSA) is 48.0 Å². The largest absolute Gasteiger partial charge is 0.494 e. The third-order valence-corrected chi connectivity index (χ3v) is 5.12. The van der Waals surface area contributed by atoms with Crippen LogP contribution in [0.3, 0.4) is 0 Å². The van der Waals surface area contributed by atoms with E-state index in [2.05, 4.69) is 0 Å². The van der Waals surface area contributed by atoms with Crippen LogP contribution in [0.25, 0.3) is 0 Å². The van der Waals surface area contributed by atoms with E-state index in [-0.39, 0.29) is 29.8 Å². The van der Waals surface area contributed by atoms with Crippen LogP contribution in [0.2, 0.25) is 0 Å². The van der Waals surface area contributed by atoms with Gasteiger partial charge in [0.15, 0.2) is 11.6 Å². The van der Waals surface area contributed by atoms with Gasteiger partial charge in [-0.2, -0.15) is 0 Å². The first kappa shape index (κ1) is 17.2. The molecule has 2 aliphatic heterocycles. The molecule has 0 aromatic heterocycles. The third-order valence-electron chi connectivity index (χ3n) is 5.12. The fourth-order valence-electron chi connectivity index (χ4n) is 3.74. The number of methoxy groups -OCH3 is 2. The van der Waals surface area contributed by atoms with Gasteiger partial charge in [-0.3, -0.25) is 4.79 Å². The summed E-state index contributed by atoms with van der Waals surface area (Å²) in [5.74, 6) is -0.284. The number of amides is 1. The minimum absolute atomic E-state index is 0.0190. The lowest BCUT2D eigenvalue weighted by Gasteiger charge is -2.44. The highest BCUT2D eigenvalue weighted by Crippen LogP contribution is 2.37. The standard InChI is InChI=1S/C18H24FNO4/c1-22-15-5-4-13(10-14(15)19)11-17(21)20-8-7-18(6-3-9-24-18)16(12-20)23-2/h4-5,10,16H,3,6-9,11-12H2,1-2H3/t16-,18-/m0/s1. The Labute approximate surface area is 141 Å². The summed E-state index contributed by atoms with van der Waals surface area (Å²) in [4.78, 5) is 14.4. The van der Waals surface area contributed by atoms with Gasteiger partial charge >= 0.3 is 0 Å².